The van der Waals surface area contributed by atoms with Crippen LogP contribution in [0.4, 0.5) is 0 Å². The first-order chi connectivity index (χ1) is 8.13. The van der Waals surface area contributed by atoms with Gasteiger partial charge in [-0.3, -0.25) is 5.84 Å². The molecule has 1 atom stereocenters. The predicted octanol–water partition coefficient (Wildman–Crippen LogP) is 4.01. The molecule has 2 rings (SSSR count). The van der Waals surface area contributed by atoms with Gasteiger partial charge in [0, 0.05) is 4.47 Å². The number of rotatable bonds is 3. The van der Waals surface area contributed by atoms with Crippen molar-refractivity contribution >= 4 is 43.5 Å². The Bertz CT molecular complexity index is 530. The Morgan fingerprint density at radius 2 is 2.00 bits per heavy atom. The fraction of sp³-hybridized carbons (Fsp3) is 0.0909. The lowest BCUT2D eigenvalue weighted by molar-refractivity contribution is 0.449. The summed E-state index contributed by atoms with van der Waals surface area (Å²) >= 11 is 12.7. The third-order valence-corrected chi connectivity index (χ3v) is 4.22. The minimum absolute atomic E-state index is 0.229. The quantitative estimate of drug-likeness (QED) is 0.625. The summed E-state index contributed by atoms with van der Waals surface area (Å²) in [6.07, 6.45) is 1.61. The number of nitrogens with two attached hydrogens (primary N) is 1. The molecule has 17 heavy (non-hydrogen) atoms. The lowest BCUT2D eigenvalue weighted by atomic mass is 10.1. The molecule has 0 spiro atoms. The fourth-order valence-corrected chi connectivity index (χ4v) is 2.47. The molecule has 90 valence electrons. The first-order valence-corrected chi connectivity index (χ1v) is 6.74. The van der Waals surface area contributed by atoms with Crippen molar-refractivity contribution in [3.63, 3.8) is 0 Å². The average Bonchev–Trinajstić information content (AvgIpc) is 2.71. The van der Waals surface area contributed by atoms with Crippen LogP contribution in [-0.2, 0) is 0 Å². The normalized spacial score (nSPS) is 12.7. The van der Waals surface area contributed by atoms with Gasteiger partial charge in [-0.2, -0.15) is 0 Å². The Morgan fingerprint density at radius 1 is 1.24 bits per heavy atom. The minimum atomic E-state index is -0.229. The van der Waals surface area contributed by atoms with Crippen molar-refractivity contribution in [3.8, 4) is 0 Å². The number of furan rings is 1. The first-order valence-electron chi connectivity index (χ1n) is 4.77. The molecule has 1 aromatic heterocycles. The summed E-state index contributed by atoms with van der Waals surface area (Å²) in [5.74, 6) is 6.30. The predicted molar refractivity (Wildman–Crippen MR) is 74.7 cm³/mol. The van der Waals surface area contributed by atoms with Gasteiger partial charge in [0.1, 0.15) is 11.8 Å². The summed E-state index contributed by atoms with van der Waals surface area (Å²) in [6.45, 7) is 0. The molecule has 6 heteroatoms. The zero-order valence-electron chi connectivity index (χ0n) is 8.58. The third-order valence-electron chi connectivity index (χ3n) is 2.35. The summed E-state index contributed by atoms with van der Waals surface area (Å²) < 4.78 is 7.09. The largest absolute Gasteiger partial charge is 0.466 e. The van der Waals surface area contributed by atoms with E-state index < -0.39 is 0 Å². The average molecular weight is 380 g/mol. The number of hydrazine groups is 1. The second-order valence-corrected chi connectivity index (χ2v) is 5.52. The molecule has 0 aliphatic heterocycles. The molecular formula is C11H9Br2ClN2O. The molecule has 2 aromatic rings. The Labute approximate surface area is 121 Å². The van der Waals surface area contributed by atoms with Crippen LogP contribution in [0, 0.1) is 0 Å². The van der Waals surface area contributed by atoms with Gasteiger partial charge in [-0.15, -0.1) is 0 Å². The molecule has 0 saturated heterocycles. The maximum absolute atomic E-state index is 5.95. The Kier molecular flexibility index (Phi) is 4.27. The third kappa shape index (κ3) is 2.74. The van der Waals surface area contributed by atoms with Crippen LogP contribution >= 0.6 is 43.5 Å². The molecule has 0 aliphatic carbocycles. The van der Waals surface area contributed by atoms with E-state index in [1.165, 1.54) is 0 Å². The van der Waals surface area contributed by atoms with Crippen molar-refractivity contribution in [2.45, 2.75) is 6.04 Å². The number of nitrogens with one attached hydrogen (secondary N) is 1. The van der Waals surface area contributed by atoms with E-state index in [1.54, 1.807) is 6.26 Å². The molecule has 0 aliphatic rings. The van der Waals surface area contributed by atoms with E-state index >= 15 is 0 Å². The van der Waals surface area contributed by atoms with Crippen LogP contribution in [0.5, 0.6) is 0 Å². The molecule has 0 bridgehead atoms. The smallest absolute Gasteiger partial charge is 0.140 e. The summed E-state index contributed by atoms with van der Waals surface area (Å²) in [7, 11) is 0. The standard InChI is InChI=1S/C11H9Br2ClN2O/c12-7-3-4-17-11(7)10(16-15)6-1-2-9(14)8(13)5-6/h1-5,10,16H,15H2. The second kappa shape index (κ2) is 5.54. The van der Waals surface area contributed by atoms with E-state index in [4.69, 9.17) is 21.9 Å². The topological polar surface area (TPSA) is 51.2 Å². The van der Waals surface area contributed by atoms with Gasteiger partial charge >= 0.3 is 0 Å². The van der Waals surface area contributed by atoms with Crippen molar-refractivity contribution in [3.05, 3.63) is 55.8 Å². The SMILES string of the molecule is NNC(c1ccc(Cl)c(Br)c1)c1occc1Br. The van der Waals surface area contributed by atoms with Gasteiger partial charge < -0.3 is 4.42 Å². The first kappa shape index (κ1) is 13.1. The second-order valence-electron chi connectivity index (χ2n) is 3.41. The Balaban J connectivity index is 2.42. The molecule has 1 aromatic carbocycles. The highest BCUT2D eigenvalue weighted by Crippen LogP contribution is 2.32. The van der Waals surface area contributed by atoms with Crippen LogP contribution < -0.4 is 11.3 Å². The van der Waals surface area contributed by atoms with E-state index in [1.807, 2.05) is 24.3 Å². The maximum atomic E-state index is 5.95. The van der Waals surface area contributed by atoms with E-state index in [0.29, 0.717) is 5.02 Å². The monoisotopic (exact) mass is 378 g/mol. The zero-order chi connectivity index (χ0) is 12.4. The van der Waals surface area contributed by atoms with Crippen LogP contribution in [-0.4, -0.2) is 0 Å². The summed E-state index contributed by atoms with van der Waals surface area (Å²) in [4.78, 5) is 0. The highest BCUT2D eigenvalue weighted by Gasteiger charge is 2.19. The van der Waals surface area contributed by atoms with Gasteiger partial charge in [0.2, 0.25) is 0 Å². The van der Waals surface area contributed by atoms with Crippen LogP contribution in [0.2, 0.25) is 5.02 Å². The lowest BCUT2D eigenvalue weighted by Gasteiger charge is -2.15. The van der Waals surface area contributed by atoms with Crippen molar-refractivity contribution in [1.82, 2.24) is 5.43 Å². The number of halogens is 3. The maximum Gasteiger partial charge on any atom is 0.140 e. The molecule has 3 nitrogen and oxygen atoms in total. The van der Waals surface area contributed by atoms with Crippen LogP contribution in [0.25, 0.3) is 0 Å². The van der Waals surface area contributed by atoms with E-state index in [9.17, 15) is 0 Å². The molecule has 3 N–H and O–H groups in total. The van der Waals surface area contributed by atoms with E-state index in [2.05, 4.69) is 37.3 Å². The minimum Gasteiger partial charge on any atom is -0.466 e. The summed E-state index contributed by atoms with van der Waals surface area (Å²) in [6, 6.07) is 7.20. The highest BCUT2D eigenvalue weighted by molar-refractivity contribution is 9.10. The molecule has 0 fully saturated rings. The van der Waals surface area contributed by atoms with Gasteiger partial charge in [0.05, 0.1) is 15.8 Å². The summed E-state index contributed by atoms with van der Waals surface area (Å²) in [5, 5.41) is 0.656. The lowest BCUT2D eigenvalue weighted by Crippen LogP contribution is -2.28. The van der Waals surface area contributed by atoms with Gasteiger partial charge in [0.25, 0.3) is 0 Å². The van der Waals surface area contributed by atoms with Crippen molar-refractivity contribution in [1.29, 1.82) is 0 Å². The van der Waals surface area contributed by atoms with Gasteiger partial charge in [-0.05, 0) is 55.6 Å². The molecular weight excluding hydrogens is 371 g/mol. The number of benzene rings is 1. The Morgan fingerprint density at radius 3 is 2.53 bits per heavy atom. The molecule has 1 heterocycles. The van der Waals surface area contributed by atoms with Gasteiger partial charge in [0.15, 0.2) is 0 Å². The number of hydrogen-bond acceptors (Lipinski definition) is 3. The number of hydrogen-bond donors (Lipinski definition) is 2. The van der Waals surface area contributed by atoms with Crippen LogP contribution in [0.1, 0.15) is 17.4 Å². The van der Waals surface area contributed by atoms with Crippen molar-refractivity contribution in [2.75, 3.05) is 0 Å². The molecule has 1 unspecified atom stereocenters. The molecule has 0 radical (unpaired) electrons. The van der Waals surface area contributed by atoms with E-state index in [0.717, 1.165) is 20.3 Å². The molecule has 0 saturated carbocycles. The van der Waals surface area contributed by atoms with Gasteiger partial charge in [-0.1, -0.05) is 17.7 Å². The summed E-state index contributed by atoms with van der Waals surface area (Å²) in [5.41, 5.74) is 3.68. The Hall–Kier alpha value is -0.330. The van der Waals surface area contributed by atoms with Crippen LogP contribution in [0.15, 0.2) is 43.9 Å². The van der Waals surface area contributed by atoms with Gasteiger partial charge in [-0.25, -0.2) is 5.43 Å². The highest BCUT2D eigenvalue weighted by atomic mass is 79.9. The molecule has 0 amide bonds. The zero-order valence-corrected chi connectivity index (χ0v) is 12.5. The van der Waals surface area contributed by atoms with Crippen molar-refractivity contribution < 1.29 is 4.42 Å². The van der Waals surface area contributed by atoms with E-state index in [-0.39, 0.29) is 6.04 Å². The van der Waals surface area contributed by atoms with Crippen LogP contribution in [0.3, 0.4) is 0 Å². The fourth-order valence-electron chi connectivity index (χ4n) is 1.53. The van der Waals surface area contributed by atoms with Crippen molar-refractivity contribution in [2.24, 2.45) is 5.84 Å².